The number of ether oxygens (including phenoxy) is 1. The number of β-amino-alcohol motifs (C(OH)–C–C–N with tert-alkyl or cyclic N) is 1. The van der Waals surface area contributed by atoms with Crippen molar-refractivity contribution in [2.45, 2.75) is 13.0 Å². The molecule has 2 heterocycles. The van der Waals surface area contributed by atoms with Crippen molar-refractivity contribution in [3.05, 3.63) is 41.9 Å². The summed E-state index contributed by atoms with van der Waals surface area (Å²) in [6, 6.07) is 7.79. The predicted octanol–water partition coefficient (Wildman–Crippen LogP) is 1.12. The van der Waals surface area contributed by atoms with Crippen LogP contribution in [-0.4, -0.2) is 77.9 Å². The first-order valence-electron chi connectivity index (χ1n) is 9.23. The molecule has 1 aromatic heterocycles. The molecule has 2 aromatic rings. The second-order valence-corrected chi connectivity index (χ2v) is 6.84. The van der Waals surface area contributed by atoms with Crippen LogP contribution in [0.15, 0.2) is 34.9 Å². The Balaban J connectivity index is 1.34. The molecule has 0 bridgehead atoms. The second kappa shape index (κ2) is 9.63. The third kappa shape index (κ3) is 6.01. The first kappa shape index (κ1) is 20.2. The summed E-state index contributed by atoms with van der Waals surface area (Å²) in [6.07, 6.45) is -0.718. The van der Waals surface area contributed by atoms with Gasteiger partial charge in [-0.25, -0.2) is 4.39 Å². The van der Waals surface area contributed by atoms with Gasteiger partial charge in [0.05, 0.1) is 6.54 Å². The van der Waals surface area contributed by atoms with E-state index in [0.717, 1.165) is 13.1 Å². The van der Waals surface area contributed by atoms with E-state index in [9.17, 15) is 14.3 Å². The fraction of sp³-hybridized carbons (Fsp3) is 0.474. The van der Waals surface area contributed by atoms with Crippen molar-refractivity contribution in [3.63, 3.8) is 0 Å². The minimum absolute atomic E-state index is 0.0284. The summed E-state index contributed by atoms with van der Waals surface area (Å²) in [5, 5.41) is 16.6. The Labute approximate surface area is 162 Å². The summed E-state index contributed by atoms with van der Waals surface area (Å²) in [4.78, 5) is 16.2. The Kier molecular flexibility index (Phi) is 6.96. The van der Waals surface area contributed by atoms with Crippen LogP contribution in [0.2, 0.25) is 0 Å². The van der Waals surface area contributed by atoms with Crippen LogP contribution >= 0.6 is 0 Å². The molecule has 0 aliphatic carbocycles. The summed E-state index contributed by atoms with van der Waals surface area (Å²) in [5.41, 5.74) is 0. The quantitative estimate of drug-likeness (QED) is 0.696. The highest BCUT2D eigenvalue weighted by atomic mass is 19.1. The number of para-hydroxylation sites is 1. The van der Waals surface area contributed by atoms with E-state index in [1.165, 1.54) is 12.1 Å². The molecule has 0 radical (unpaired) electrons. The number of hydrogen-bond donors (Lipinski definition) is 2. The molecule has 8 nitrogen and oxygen atoms in total. The summed E-state index contributed by atoms with van der Waals surface area (Å²) >= 11 is 0. The topological polar surface area (TPSA) is 91.1 Å². The summed E-state index contributed by atoms with van der Waals surface area (Å²) < 4.78 is 23.8. The molecular weight excluding hydrogens is 367 g/mol. The van der Waals surface area contributed by atoms with E-state index in [2.05, 4.69) is 15.4 Å². The Bertz CT molecular complexity index is 777. The van der Waals surface area contributed by atoms with Gasteiger partial charge in [-0.1, -0.05) is 17.3 Å². The highest BCUT2D eigenvalue weighted by Crippen LogP contribution is 2.15. The molecule has 0 spiro atoms. The molecule has 9 heteroatoms. The van der Waals surface area contributed by atoms with Crippen molar-refractivity contribution in [3.8, 4) is 5.75 Å². The Morgan fingerprint density at radius 1 is 1.32 bits per heavy atom. The molecule has 1 aromatic carbocycles. The lowest BCUT2D eigenvalue weighted by molar-refractivity contribution is -0.117. The highest BCUT2D eigenvalue weighted by molar-refractivity contribution is 5.91. The van der Waals surface area contributed by atoms with Gasteiger partial charge in [-0.05, 0) is 19.1 Å². The van der Waals surface area contributed by atoms with Gasteiger partial charge >= 0.3 is 0 Å². The standard InChI is InChI=1S/C19H25FN4O4/c1-14-10-18(22-28-14)21-19(26)12-24-8-6-23(7-9-24)11-15(25)13-27-17-5-3-2-4-16(17)20/h2-5,10,15,25H,6-9,11-13H2,1H3,(H,21,22,26)/t15-/m1/s1. The lowest BCUT2D eigenvalue weighted by atomic mass is 10.2. The van der Waals surface area contributed by atoms with E-state index in [-0.39, 0.29) is 24.8 Å². The summed E-state index contributed by atoms with van der Waals surface area (Å²) in [6.45, 7) is 5.39. The number of aryl methyl sites for hydroxylation is 1. The number of piperazine rings is 1. The number of aromatic nitrogens is 1. The zero-order chi connectivity index (χ0) is 19.9. The molecule has 28 heavy (non-hydrogen) atoms. The smallest absolute Gasteiger partial charge is 0.239 e. The highest BCUT2D eigenvalue weighted by Gasteiger charge is 2.21. The summed E-state index contributed by atoms with van der Waals surface area (Å²) in [7, 11) is 0. The van der Waals surface area contributed by atoms with Crippen molar-refractivity contribution in [2.75, 3.05) is 51.2 Å². The number of anilines is 1. The predicted molar refractivity (Wildman–Crippen MR) is 101 cm³/mol. The normalized spacial score (nSPS) is 16.7. The van der Waals surface area contributed by atoms with Crippen LogP contribution in [0, 0.1) is 12.7 Å². The lowest BCUT2D eigenvalue weighted by Crippen LogP contribution is -2.50. The van der Waals surface area contributed by atoms with Gasteiger partial charge in [0.1, 0.15) is 18.5 Å². The monoisotopic (exact) mass is 392 g/mol. The van der Waals surface area contributed by atoms with Crippen molar-refractivity contribution in [1.82, 2.24) is 15.0 Å². The van der Waals surface area contributed by atoms with Gasteiger partial charge < -0.3 is 19.7 Å². The van der Waals surface area contributed by atoms with Crippen LogP contribution in [0.5, 0.6) is 5.75 Å². The molecule has 1 aliphatic rings. The number of aliphatic hydroxyl groups is 1. The first-order chi connectivity index (χ1) is 13.5. The first-order valence-corrected chi connectivity index (χ1v) is 9.23. The average molecular weight is 392 g/mol. The molecule has 2 N–H and O–H groups in total. The molecule has 0 unspecified atom stereocenters. The Morgan fingerprint density at radius 3 is 2.71 bits per heavy atom. The van der Waals surface area contributed by atoms with Crippen molar-refractivity contribution in [2.24, 2.45) is 0 Å². The number of benzene rings is 1. The van der Waals surface area contributed by atoms with Gasteiger partial charge in [-0.15, -0.1) is 0 Å². The maximum Gasteiger partial charge on any atom is 0.239 e. The minimum Gasteiger partial charge on any atom is -0.488 e. The molecule has 1 amide bonds. The molecule has 1 atom stereocenters. The molecule has 1 saturated heterocycles. The second-order valence-electron chi connectivity index (χ2n) is 6.84. The maximum atomic E-state index is 13.5. The number of carbonyl (C=O) groups excluding carboxylic acids is 1. The van der Waals surface area contributed by atoms with Crippen molar-refractivity contribution < 1.29 is 23.6 Å². The van der Waals surface area contributed by atoms with Crippen LogP contribution in [0.1, 0.15) is 5.76 Å². The number of nitrogens with zero attached hydrogens (tertiary/aromatic N) is 3. The number of nitrogens with one attached hydrogen (secondary N) is 1. The van der Waals surface area contributed by atoms with Gasteiger partial charge in [0.2, 0.25) is 5.91 Å². The maximum absolute atomic E-state index is 13.5. The van der Waals surface area contributed by atoms with E-state index in [4.69, 9.17) is 9.26 Å². The number of aliphatic hydroxyl groups excluding tert-OH is 1. The minimum atomic E-state index is -0.718. The van der Waals surface area contributed by atoms with E-state index in [0.29, 0.717) is 31.2 Å². The van der Waals surface area contributed by atoms with Crippen LogP contribution in [0.4, 0.5) is 10.2 Å². The molecule has 152 valence electrons. The van der Waals surface area contributed by atoms with Gasteiger partial charge in [0.15, 0.2) is 17.4 Å². The molecule has 0 saturated carbocycles. The number of amides is 1. The van der Waals surface area contributed by atoms with Gasteiger partial charge in [-0.3, -0.25) is 14.6 Å². The van der Waals surface area contributed by atoms with Crippen LogP contribution in [0.3, 0.4) is 0 Å². The fourth-order valence-electron chi connectivity index (χ4n) is 3.04. The fourth-order valence-corrected chi connectivity index (χ4v) is 3.04. The Morgan fingerprint density at radius 2 is 2.04 bits per heavy atom. The lowest BCUT2D eigenvalue weighted by Gasteiger charge is -2.35. The van der Waals surface area contributed by atoms with Crippen LogP contribution in [-0.2, 0) is 4.79 Å². The van der Waals surface area contributed by atoms with Gasteiger partial charge in [-0.2, -0.15) is 0 Å². The average Bonchev–Trinajstić information content (AvgIpc) is 3.07. The van der Waals surface area contributed by atoms with Crippen LogP contribution in [0.25, 0.3) is 0 Å². The SMILES string of the molecule is Cc1cc(NC(=O)CN2CCN(C[C@@H](O)COc3ccccc3F)CC2)no1. The van der Waals surface area contributed by atoms with Gasteiger partial charge in [0, 0.05) is 38.8 Å². The largest absolute Gasteiger partial charge is 0.488 e. The molecular formula is C19H25FN4O4. The van der Waals surface area contributed by atoms with Gasteiger partial charge in [0.25, 0.3) is 0 Å². The molecule has 1 fully saturated rings. The van der Waals surface area contributed by atoms with E-state index in [1.54, 1.807) is 25.1 Å². The molecule has 1 aliphatic heterocycles. The number of rotatable bonds is 8. The van der Waals surface area contributed by atoms with Crippen molar-refractivity contribution in [1.29, 1.82) is 0 Å². The zero-order valence-corrected chi connectivity index (χ0v) is 15.8. The summed E-state index contributed by atoms with van der Waals surface area (Å²) in [5.74, 6) is 0.614. The zero-order valence-electron chi connectivity index (χ0n) is 15.8. The van der Waals surface area contributed by atoms with Crippen molar-refractivity contribution >= 4 is 11.7 Å². The number of carbonyl (C=O) groups is 1. The number of hydrogen-bond acceptors (Lipinski definition) is 7. The van der Waals surface area contributed by atoms with E-state index < -0.39 is 11.9 Å². The van der Waals surface area contributed by atoms with E-state index >= 15 is 0 Å². The van der Waals surface area contributed by atoms with Crippen LogP contribution < -0.4 is 10.1 Å². The van der Waals surface area contributed by atoms with E-state index in [1.807, 2.05) is 4.90 Å². The third-order valence-corrected chi connectivity index (χ3v) is 4.46. The molecule has 3 rings (SSSR count). The third-order valence-electron chi connectivity index (χ3n) is 4.46. The number of halogens is 1. The Hall–Kier alpha value is -2.49.